The summed E-state index contributed by atoms with van der Waals surface area (Å²) in [4.78, 5) is 4.75. The molecule has 106 valence electrons. The first-order valence-corrected chi connectivity index (χ1v) is 8.21. The fraction of sp³-hybridized carbons (Fsp3) is 0.118. The fourth-order valence-electron chi connectivity index (χ4n) is 2.15. The number of ether oxygens (including phenoxy) is 1. The number of benzene rings is 2. The lowest BCUT2D eigenvalue weighted by Gasteiger charge is -2.06. The maximum Gasteiger partial charge on any atom is 0.129 e. The highest BCUT2D eigenvalue weighted by molar-refractivity contribution is 9.10. The van der Waals surface area contributed by atoms with Gasteiger partial charge in [0.05, 0.1) is 18.4 Å². The van der Waals surface area contributed by atoms with Crippen LogP contribution >= 0.6 is 27.3 Å². The van der Waals surface area contributed by atoms with Crippen molar-refractivity contribution in [1.82, 2.24) is 4.98 Å². The maximum absolute atomic E-state index is 5.47. The highest BCUT2D eigenvalue weighted by Gasteiger charge is 2.11. The van der Waals surface area contributed by atoms with Crippen LogP contribution < -0.4 is 4.74 Å². The third kappa shape index (κ3) is 3.01. The summed E-state index contributed by atoms with van der Waals surface area (Å²) in [6.45, 7) is 2.06. The molecule has 3 aromatic rings. The number of aryl methyl sites for hydroxylation is 1. The van der Waals surface area contributed by atoms with E-state index in [4.69, 9.17) is 9.72 Å². The quantitative estimate of drug-likeness (QED) is 0.610. The summed E-state index contributed by atoms with van der Waals surface area (Å²) in [6, 6.07) is 14.4. The predicted molar refractivity (Wildman–Crippen MR) is 92.0 cm³/mol. The van der Waals surface area contributed by atoms with Gasteiger partial charge >= 0.3 is 0 Å². The molecule has 0 saturated carbocycles. The molecule has 21 heavy (non-hydrogen) atoms. The van der Waals surface area contributed by atoms with Crippen molar-refractivity contribution in [2.24, 2.45) is 0 Å². The molecule has 0 aliphatic carbocycles. The van der Waals surface area contributed by atoms with Gasteiger partial charge in [-0.3, -0.25) is 0 Å². The summed E-state index contributed by atoms with van der Waals surface area (Å²) >= 11 is 5.13. The average molecular weight is 360 g/mol. The second-order valence-electron chi connectivity index (χ2n) is 4.75. The summed E-state index contributed by atoms with van der Waals surface area (Å²) in [5.41, 5.74) is 4.31. The largest absolute Gasteiger partial charge is 0.496 e. The second-order valence-corrected chi connectivity index (χ2v) is 6.53. The van der Waals surface area contributed by atoms with Crippen molar-refractivity contribution in [2.75, 3.05) is 7.11 Å². The van der Waals surface area contributed by atoms with Gasteiger partial charge in [-0.05, 0) is 36.8 Å². The number of thiazole rings is 1. The van der Waals surface area contributed by atoms with Crippen LogP contribution in [-0.4, -0.2) is 12.1 Å². The van der Waals surface area contributed by atoms with Gasteiger partial charge in [-0.1, -0.05) is 34.1 Å². The van der Waals surface area contributed by atoms with Crippen LogP contribution in [-0.2, 0) is 0 Å². The maximum atomic E-state index is 5.47. The highest BCUT2D eigenvalue weighted by Crippen LogP contribution is 2.35. The van der Waals surface area contributed by atoms with Gasteiger partial charge in [0.2, 0.25) is 0 Å². The number of halogens is 1. The van der Waals surface area contributed by atoms with E-state index < -0.39 is 0 Å². The first-order valence-electron chi connectivity index (χ1n) is 6.54. The molecule has 0 unspecified atom stereocenters. The molecule has 0 radical (unpaired) electrons. The number of nitrogens with zero attached hydrogens (tertiary/aromatic N) is 1. The molecule has 0 atom stereocenters. The van der Waals surface area contributed by atoms with E-state index in [-0.39, 0.29) is 0 Å². The lowest BCUT2D eigenvalue weighted by atomic mass is 10.1. The number of hydrogen-bond acceptors (Lipinski definition) is 3. The van der Waals surface area contributed by atoms with Crippen LogP contribution in [0.4, 0.5) is 0 Å². The SMILES string of the molecule is COc1cc(C)ccc1-c1nc(-c2cccc(Br)c2)cs1. The Hall–Kier alpha value is -1.65. The van der Waals surface area contributed by atoms with Crippen molar-refractivity contribution in [2.45, 2.75) is 6.92 Å². The van der Waals surface area contributed by atoms with Crippen LogP contribution in [0.1, 0.15) is 5.56 Å². The molecule has 0 amide bonds. The van der Waals surface area contributed by atoms with Crippen LogP contribution in [0.15, 0.2) is 52.3 Å². The van der Waals surface area contributed by atoms with E-state index in [2.05, 4.69) is 52.5 Å². The van der Waals surface area contributed by atoms with Gasteiger partial charge in [0.25, 0.3) is 0 Å². The van der Waals surface area contributed by atoms with Gasteiger partial charge in [-0.15, -0.1) is 11.3 Å². The zero-order valence-corrected chi connectivity index (χ0v) is 14.2. The van der Waals surface area contributed by atoms with Gasteiger partial charge in [-0.2, -0.15) is 0 Å². The zero-order chi connectivity index (χ0) is 14.8. The summed E-state index contributed by atoms with van der Waals surface area (Å²) in [5, 5.41) is 3.05. The van der Waals surface area contributed by atoms with Crippen LogP contribution in [0.25, 0.3) is 21.8 Å². The second kappa shape index (κ2) is 6.00. The van der Waals surface area contributed by atoms with Crippen LogP contribution in [0.2, 0.25) is 0 Å². The van der Waals surface area contributed by atoms with E-state index >= 15 is 0 Å². The number of methoxy groups -OCH3 is 1. The number of aromatic nitrogens is 1. The minimum atomic E-state index is 0.866. The zero-order valence-electron chi connectivity index (χ0n) is 11.8. The first-order chi connectivity index (χ1) is 10.2. The standard InChI is InChI=1S/C17H14BrNOS/c1-11-6-7-14(16(8-11)20-2)17-19-15(10-21-17)12-4-3-5-13(18)9-12/h3-10H,1-2H3. The van der Waals surface area contributed by atoms with E-state index in [1.807, 2.05) is 18.2 Å². The van der Waals surface area contributed by atoms with E-state index in [1.165, 1.54) is 5.56 Å². The van der Waals surface area contributed by atoms with Crippen LogP contribution in [0.3, 0.4) is 0 Å². The molecule has 0 bridgehead atoms. The van der Waals surface area contributed by atoms with Gasteiger partial charge < -0.3 is 4.74 Å². The minimum absolute atomic E-state index is 0.866. The summed E-state index contributed by atoms with van der Waals surface area (Å²) in [6.07, 6.45) is 0. The molecule has 1 aromatic heterocycles. The van der Waals surface area contributed by atoms with Crippen molar-refractivity contribution in [1.29, 1.82) is 0 Å². The highest BCUT2D eigenvalue weighted by atomic mass is 79.9. The van der Waals surface area contributed by atoms with Crippen LogP contribution in [0, 0.1) is 6.92 Å². The molecular weight excluding hydrogens is 346 g/mol. The number of rotatable bonds is 3. The van der Waals surface area contributed by atoms with Gasteiger partial charge in [0.1, 0.15) is 10.8 Å². The monoisotopic (exact) mass is 359 g/mol. The van der Waals surface area contributed by atoms with Crippen molar-refractivity contribution >= 4 is 27.3 Å². The normalized spacial score (nSPS) is 10.6. The third-order valence-electron chi connectivity index (χ3n) is 3.21. The Morgan fingerprint density at radius 2 is 2.00 bits per heavy atom. The van der Waals surface area contributed by atoms with Gasteiger partial charge in [0, 0.05) is 15.4 Å². The molecule has 2 aromatic carbocycles. The molecule has 0 aliphatic heterocycles. The Morgan fingerprint density at radius 3 is 2.76 bits per heavy atom. The molecule has 1 heterocycles. The topological polar surface area (TPSA) is 22.1 Å². The third-order valence-corrected chi connectivity index (χ3v) is 4.58. The minimum Gasteiger partial charge on any atom is -0.496 e. The fourth-order valence-corrected chi connectivity index (χ4v) is 3.41. The molecule has 3 rings (SSSR count). The lowest BCUT2D eigenvalue weighted by molar-refractivity contribution is 0.416. The first kappa shape index (κ1) is 14.3. The summed E-state index contributed by atoms with van der Waals surface area (Å²) < 4.78 is 6.53. The molecule has 0 fully saturated rings. The van der Waals surface area contributed by atoms with Crippen molar-refractivity contribution in [3.05, 3.63) is 57.9 Å². The average Bonchev–Trinajstić information content (AvgIpc) is 2.96. The molecule has 4 heteroatoms. The smallest absolute Gasteiger partial charge is 0.129 e. The summed E-state index contributed by atoms with van der Waals surface area (Å²) in [7, 11) is 1.70. The molecule has 0 aliphatic rings. The Balaban J connectivity index is 2.02. The molecule has 0 N–H and O–H groups in total. The molecule has 2 nitrogen and oxygen atoms in total. The molecular formula is C17H14BrNOS. The van der Waals surface area contributed by atoms with E-state index in [9.17, 15) is 0 Å². The van der Waals surface area contributed by atoms with E-state index in [0.717, 1.165) is 32.1 Å². The summed E-state index contributed by atoms with van der Waals surface area (Å²) in [5.74, 6) is 0.866. The lowest BCUT2D eigenvalue weighted by Crippen LogP contribution is -1.88. The Kier molecular flexibility index (Phi) is 4.08. The molecule has 0 spiro atoms. The van der Waals surface area contributed by atoms with Gasteiger partial charge in [-0.25, -0.2) is 4.98 Å². The predicted octanol–water partition coefficient (Wildman–Crippen LogP) is 5.56. The van der Waals surface area contributed by atoms with Crippen molar-refractivity contribution in [3.8, 4) is 27.6 Å². The van der Waals surface area contributed by atoms with Gasteiger partial charge in [0.15, 0.2) is 0 Å². The Bertz CT molecular complexity index is 782. The van der Waals surface area contributed by atoms with Crippen molar-refractivity contribution < 1.29 is 4.74 Å². The molecule has 0 saturated heterocycles. The van der Waals surface area contributed by atoms with Crippen molar-refractivity contribution in [3.63, 3.8) is 0 Å². The van der Waals surface area contributed by atoms with E-state index in [1.54, 1.807) is 18.4 Å². The number of hydrogen-bond donors (Lipinski definition) is 0. The Morgan fingerprint density at radius 1 is 1.14 bits per heavy atom. The van der Waals surface area contributed by atoms with Crippen LogP contribution in [0.5, 0.6) is 5.75 Å². The Labute approximate surface area is 136 Å². The van der Waals surface area contributed by atoms with E-state index in [0.29, 0.717) is 0 Å².